The van der Waals surface area contributed by atoms with Gasteiger partial charge in [0.15, 0.2) is 0 Å². The van der Waals surface area contributed by atoms with E-state index >= 15 is 0 Å². The monoisotopic (exact) mass is 376 g/mol. The van der Waals surface area contributed by atoms with E-state index in [4.69, 9.17) is 0 Å². The van der Waals surface area contributed by atoms with E-state index in [-0.39, 0.29) is 5.91 Å². The third-order valence-electron chi connectivity index (χ3n) is 4.23. The van der Waals surface area contributed by atoms with Crippen molar-refractivity contribution in [2.24, 2.45) is 0 Å². The number of piperazine rings is 1. The lowest BCUT2D eigenvalue weighted by Gasteiger charge is -2.34. The van der Waals surface area contributed by atoms with Gasteiger partial charge in [-0.15, -0.1) is 23.1 Å². The number of thiazole rings is 1. The van der Waals surface area contributed by atoms with Gasteiger partial charge in [-0.2, -0.15) is 0 Å². The normalized spacial score (nSPS) is 15.5. The van der Waals surface area contributed by atoms with Crippen LogP contribution in [-0.2, 0) is 23.5 Å². The van der Waals surface area contributed by atoms with Crippen LogP contribution in [0.15, 0.2) is 29.9 Å². The van der Waals surface area contributed by atoms with Crippen molar-refractivity contribution in [2.75, 3.05) is 31.9 Å². The van der Waals surface area contributed by atoms with Gasteiger partial charge in [0.05, 0.1) is 16.5 Å². The van der Waals surface area contributed by atoms with E-state index in [0.717, 1.165) is 50.6 Å². The minimum Gasteiger partial charge on any atom is -0.339 e. The molecule has 1 saturated heterocycles. The van der Waals surface area contributed by atoms with Crippen LogP contribution in [0.4, 0.5) is 0 Å². The van der Waals surface area contributed by atoms with Crippen molar-refractivity contribution in [3.05, 3.63) is 46.2 Å². The summed E-state index contributed by atoms with van der Waals surface area (Å²) in [6.45, 7) is 6.53. The smallest absolute Gasteiger partial charge is 0.232 e. The number of thioether (sulfide) groups is 1. The Kier molecular flexibility index (Phi) is 6.84. The summed E-state index contributed by atoms with van der Waals surface area (Å²) in [5.74, 6) is 1.62. The van der Waals surface area contributed by atoms with Gasteiger partial charge in [-0.25, -0.2) is 4.98 Å². The molecule has 0 spiro atoms. The quantitative estimate of drug-likeness (QED) is 0.744. The Labute approximate surface area is 157 Å². The van der Waals surface area contributed by atoms with Gasteiger partial charge in [-0.05, 0) is 18.1 Å². The highest BCUT2D eigenvalue weighted by atomic mass is 32.2. The van der Waals surface area contributed by atoms with Gasteiger partial charge in [0.25, 0.3) is 0 Å². The lowest BCUT2D eigenvalue weighted by Crippen LogP contribution is -2.48. The molecule has 1 aliphatic rings. The molecule has 0 saturated carbocycles. The molecule has 3 rings (SSSR count). The first-order valence-corrected chi connectivity index (χ1v) is 10.7. The lowest BCUT2D eigenvalue weighted by molar-refractivity contribution is -0.130. The fourth-order valence-corrected chi connectivity index (χ4v) is 4.40. The number of rotatable bonds is 7. The summed E-state index contributed by atoms with van der Waals surface area (Å²) in [5.41, 5.74) is 2.33. The molecule has 0 radical (unpaired) electrons. The summed E-state index contributed by atoms with van der Waals surface area (Å²) in [6, 6.07) is 3.98. The molecule has 7 heteroatoms. The summed E-state index contributed by atoms with van der Waals surface area (Å²) in [4.78, 5) is 25.5. The van der Waals surface area contributed by atoms with E-state index in [1.165, 1.54) is 10.6 Å². The molecular formula is C18H24N4OS2. The topological polar surface area (TPSA) is 49.3 Å². The number of amides is 1. The Morgan fingerprint density at radius 1 is 1.32 bits per heavy atom. The fourth-order valence-electron chi connectivity index (χ4n) is 2.80. The highest BCUT2D eigenvalue weighted by molar-refractivity contribution is 7.99. The Bertz CT molecular complexity index is 669. The molecule has 2 aromatic heterocycles. The van der Waals surface area contributed by atoms with E-state index in [2.05, 4.69) is 27.2 Å². The van der Waals surface area contributed by atoms with Gasteiger partial charge in [0.2, 0.25) is 5.91 Å². The van der Waals surface area contributed by atoms with Gasteiger partial charge >= 0.3 is 0 Å². The number of hydrogen-bond donors (Lipinski definition) is 0. The average molecular weight is 377 g/mol. The zero-order valence-electron chi connectivity index (χ0n) is 14.6. The second kappa shape index (κ2) is 9.31. The number of nitrogens with zero attached hydrogens (tertiary/aromatic N) is 4. The predicted octanol–water partition coefficient (Wildman–Crippen LogP) is 2.68. The number of aryl methyl sites for hydroxylation is 1. The number of pyridine rings is 1. The van der Waals surface area contributed by atoms with Crippen LogP contribution in [0, 0.1) is 0 Å². The van der Waals surface area contributed by atoms with Crippen LogP contribution in [0.1, 0.15) is 23.2 Å². The van der Waals surface area contributed by atoms with Gasteiger partial charge in [0.1, 0.15) is 0 Å². The standard InChI is InChI=1S/C18H24N4OS2/c1-2-17-20-16(13-25-17)11-21-6-8-22(9-7-21)18(23)14-24-12-15-4-3-5-19-10-15/h3-5,10,13H,2,6-9,11-12,14H2,1H3. The van der Waals surface area contributed by atoms with Gasteiger partial charge < -0.3 is 4.90 Å². The van der Waals surface area contributed by atoms with Crippen LogP contribution in [0.25, 0.3) is 0 Å². The van der Waals surface area contributed by atoms with Crippen LogP contribution in [0.2, 0.25) is 0 Å². The summed E-state index contributed by atoms with van der Waals surface area (Å²) >= 11 is 3.40. The fraction of sp³-hybridized carbons (Fsp3) is 0.500. The summed E-state index contributed by atoms with van der Waals surface area (Å²) in [7, 11) is 0. The first-order chi connectivity index (χ1) is 12.2. The number of carbonyl (C=O) groups excluding carboxylic acids is 1. The molecule has 0 bridgehead atoms. The second-order valence-corrected chi connectivity index (χ2v) is 8.03. The van der Waals surface area contributed by atoms with Crippen molar-refractivity contribution in [1.29, 1.82) is 0 Å². The Morgan fingerprint density at radius 3 is 2.84 bits per heavy atom. The second-order valence-electron chi connectivity index (χ2n) is 6.10. The first-order valence-electron chi connectivity index (χ1n) is 8.64. The summed E-state index contributed by atoms with van der Waals surface area (Å²) in [6.07, 6.45) is 4.63. The molecule has 1 amide bonds. The molecule has 0 unspecified atom stereocenters. The van der Waals surface area contributed by atoms with Gasteiger partial charge in [0, 0.05) is 56.3 Å². The van der Waals surface area contributed by atoms with E-state index < -0.39 is 0 Å². The highest BCUT2D eigenvalue weighted by Gasteiger charge is 2.21. The summed E-state index contributed by atoms with van der Waals surface area (Å²) < 4.78 is 0. The Balaban J connectivity index is 1.37. The first kappa shape index (κ1) is 18.4. The van der Waals surface area contributed by atoms with Crippen molar-refractivity contribution < 1.29 is 4.79 Å². The zero-order chi connectivity index (χ0) is 17.5. The molecule has 5 nitrogen and oxygen atoms in total. The van der Waals surface area contributed by atoms with Crippen molar-refractivity contribution in [2.45, 2.75) is 25.6 Å². The van der Waals surface area contributed by atoms with E-state index in [1.807, 2.05) is 23.2 Å². The maximum absolute atomic E-state index is 12.4. The minimum absolute atomic E-state index is 0.246. The molecule has 1 aliphatic heterocycles. The van der Waals surface area contributed by atoms with Crippen LogP contribution >= 0.6 is 23.1 Å². The zero-order valence-corrected chi connectivity index (χ0v) is 16.2. The molecule has 1 fully saturated rings. The Morgan fingerprint density at radius 2 is 2.16 bits per heavy atom. The van der Waals surface area contributed by atoms with Crippen LogP contribution in [0.5, 0.6) is 0 Å². The molecule has 0 atom stereocenters. The van der Waals surface area contributed by atoms with Gasteiger partial charge in [-0.3, -0.25) is 14.7 Å². The number of aromatic nitrogens is 2. The molecular weight excluding hydrogens is 352 g/mol. The third-order valence-corrected chi connectivity index (χ3v) is 6.26. The predicted molar refractivity (Wildman–Crippen MR) is 104 cm³/mol. The van der Waals surface area contributed by atoms with E-state index in [9.17, 15) is 4.79 Å². The average Bonchev–Trinajstić information content (AvgIpc) is 3.11. The van der Waals surface area contributed by atoms with Crippen molar-refractivity contribution in [3.63, 3.8) is 0 Å². The van der Waals surface area contributed by atoms with Crippen LogP contribution in [-0.4, -0.2) is 57.6 Å². The molecule has 0 N–H and O–H groups in total. The molecule has 3 heterocycles. The van der Waals surface area contributed by atoms with Crippen molar-refractivity contribution in [3.8, 4) is 0 Å². The largest absolute Gasteiger partial charge is 0.339 e. The van der Waals surface area contributed by atoms with Gasteiger partial charge in [-0.1, -0.05) is 13.0 Å². The molecule has 0 aromatic carbocycles. The SMILES string of the molecule is CCc1nc(CN2CCN(C(=O)CSCc3cccnc3)CC2)cs1. The third kappa shape index (κ3) is 5.52. The molecule has 25 heavy (non-hydrogen) atoms. The molecule has 134 valence electrons. The molecule has 2 aromatic rings. The maximum Gasteiger partial charge on any atom is 0.232 e. The van der Waals surface area contributed by atoms with Crippen LogP contribution in [0.3, 0.4) is 0 Å². The number of hydrogen-bond acceptors (Lipinski definition) is 6. The van der Waals surface area contributed by atoms with Crippen molar-refractivity contribution in [1.82, 2.24) is 19.8 Å². The Hall–Kier alpha value is -1.44. The van der Waals surface area contributed by atoms with E-state index in [0.29, 0.717) is 5.75 Å². The maximum atomic E-state index is 12.4. The van der Waals surface area contributed by atoms with E-state index in [1.54, 1.807) is 29.3 Å². The highest BCUT2D eigenvalue weighted by Crippen LogP contribution is 2.15. The number of carbonyl (C=O) groups is 1. The van der Waals surface area contributed by atoms with Crippen molar-refractivity contribution >= 4 is 29.0 Å². The molecule has 0 aliphatic carbocycles. The summed E-state index contributed by atoms with van der Waals surface area (Å²) in [5, 5.41) is 3.36. The minimum atomic E-state index is 0.246. The van der Waals surface area contributed by atoms with Crippen LogP contribution < -0.4 is 0 Å². The lowest BCUT2D eigenvalue weighted by atomic mass is 10.3.